The summed E-state index contributed by atoms with van der Waals surface area (Å²) in [6.07, 6.45) is 38.1. The second-order valence-electron chi connectivity index (χ2n) is 9.80. The van der Waals surface area contributed by atoms with E-state index in [2.05, 4.69) is 38.2 Å². The maximum Gasteiger partial charge on any atom is -1.00 e. The molecule has 0 N–H and O–H groups in total. The Hall–Kier alpha value is 0.423. The van der Waals surface area contributed by atoms with Gasteiger partial charge in [-0.05, 0) is 0 Å². The Bertz CT molecular complexity index is 548. The Morgan fingerprint density at radius 3 is 1.21 bits per heavy atom. The smallest absolute Gasteiger partial charge is 1.00 e. The molecule has 2 aliphatic carbocycles. The van der Waals surface area contributed by atoms with E-state index in [-0.39, 0.29) is 24.8 Å². The van der Waals surface area contributed by atoms with E-state index in [1.807, 2.05) is 6.56 Å². The van der Waals surface area contributed by atoms with Crippen molar-refractivity contribution in [3.63, 3.8) is 0 Å². The Balaban J connectivity index is 0.00000512. The summed E-state index contributed by atoms with van der Waals surface area (Å²) in [5.41, 5.74) is 3.51. The molecule has 0 nitrogen and oxygen atoms in total. The van der Waals surface area contributed by atoms with Crippen molar-refractivity contribution in [2.75, 3.05) is 0 Å². The minimum atomic E-state index is -0.529. The molecule has 0 saturated heterocycles. The quantitative estimate of drug-likeness (QED) is 0.188. The summed E-state index contributed by atoms with van der Waals surface area (Å²) in [5, 5.41) is 0. The molecule has 3 heteroatoms. The Kier molecular flexibility index (Phi) is 23.2. The Labute approximate surface area is 231 Å². The van der Waals surface area contributed by atoms with Crippen molar-refractivity contribution in [2.24, 2.45) is 0 Å². The average Bonchev–Trinajstić information content (AvgIpc) is 3.41. The van der Waals surface area contributed by atoms with E-state index in [4.69, 9.17) is 0 Å². The second-order valence-corrected chi connectivity index (χ2v) is 13.4. The largest absolute Gasteiger partial charge is 1.00 e. The van der Waals surface area contributed by atoms with Crippen molar-refractivity contribution in [2.45, 2.75) is 142 Å². The number of unbranched alkanes of at least 4 members (excludes halogenated alkanes) is 14. The van der Waals surface area contributed by atoms with Crippen LogP contribution in [0.1, 0.15) is 142 Å². The van der Waals surface area contributed by atoms with Gasteiger partial charge in [-0.3, -0.25) is 0 Å². The molecule has 0 radical (unpaired) electrons. The van der Waals surface area contributed by atoms with Crippen LogP contribution in [0.25, 0.3) is 0 Å². The molecule has 0 fully saturated rings. The van der Waals surface area contributed by atoms with Crippen LogP contribution in [0.2, 0.25) is 0 Å². The first kappa shape index (κ1) is 33.4. The van der Waals surface area contributed by atoms with Gasteiger partial charge in [-0.15, -0.1) is 0 Å². The van der Waals surface area contributed by atoms with Crippen molar-refractivity contribution in [1.29, 1.82) is 0 Å². The molecule has 0 aromatic heterocycles. The van der Waals surface area contributed by atoms with Crippen LogP contribution in [0.5, 0.6) is 0 Å². The van der Waals surface area contributed by atoms with Gasteiger partial charge in [-0.1, -0.05) is 0 Å². The maximum absolute atomic E-state index is 2.48. The van der Waals surface area contributed by atoms with Crippen LogP contribution in [-0.4, -0.2) is 0 Å². The molecule has 2 rings (SSSR count). The molecule has 0 unspecified atom stereocenters. The minimum absolute atomic E-state index is 0. The molecule has 0 heterocycles. The fourth-order valence-electron chi connectivity index (χ4n) is 4.91. The van der Waals surface area contributed by atoms with E-state index in [1.165, 1.54) is 128 Å². The monoisotopic (exact) mass is 570 g/mol. The summed E-state index contributed by atoms with van der Waals surface area (Å²) >= 11 is -0.529. The van der Waals surface area contributed by atoms with Gasteiger partial charge in [0.15, 0.2) is 0 Å². The van der Waals surface area contributed by atoms with Gasteiger partial charge in [0.2, 0.25) is 0 Å². The van der Waals surface area contributed by atoms with E-state index in [0.717, 1.165) is 0 Å². The van der Waals surface area contributed by atoms with Crippen LogP contribution in [0.15, 0.2) is 42.0 Å². The van der Waals surface area contributed by atoms with Crippen LogP contribution in [0, 0.1) is 0 Å². The summed E-state index contributed by atoms with van der Waals surface area (Å²) in [4.78, 5) is 0. The number of allylic oxidation sites excluding steroid dienone is 8. The van der Waals surface area contributed by atoms with Gasteiger partial charge in [0, 0.05) is 0 Å². The van der Waals surface area contributed by atoms with Crippen LogP contribution in [0.3, 0.4) is 0 Å². The van der Waals surface area contributed by atoms with Crippen LogP contribution in [-0.2, 0) is 23.2 Å². The molecule has 0 bridgehead atoms. The van der Waals surface area contributed by atoms with Crippen molar-refractivity contribution in [3.05, 3.63) is 42.0 Å². The molecule has 0 spiro atoms. The van der Waals surface area contributed by atoms with Gasteiger partial charge in [0.1, 0.15) is 0 Å². The average molecular weight is 573 g/mol. The number of rotatable bonds is 20. The van der Waals surface area contributed by atoms with Gasteiger partial charge >= 0.3 is 208 Å². The molecule has 33 heavy (non-hydrogen) atoms. The van der Waals surface area contributed by atoms with E-state index < -0.39 is 23.2 Å². The van der Waals surface area contributed by atoms with Gasteiger partial charge in [0.05, 0.1) is 0 Å². The van der Waals surface area contributed by atoms with E-state index in [9.17, 15) is 0 Å². The summed E-state index contributed by atoms with van der Waals surface area (Å²) in [6, 6.07) is 0. The first-order valence-corrected chi connectivity index (χ1v) is 16.3. The predicted molar refractivity (Wildman–Crippen MR) is 136 cm³/mol. The minimum Gasteiger partial charge on any atom is -1.00 e. The summed E-state index contributed by atoms with van der Waals surface area (Å²) in [7, 11) is 0. The zero-order valence-corrected chi connectivity index (χ0v) is 25.7. The molecule has 0 amide bonds. The number of hydrogen-bond acceptors (Lipinski definition) is 0. The molecular formula is C30H50Cl2Zr. The fraction of sp³-hybridized carbons (Fsp3) is 0.733. The third-order valence-electron chi connectivity index (χ3n) is 6.96. The van der Waals surface area contributed by atoms with Gasteiger partial charge in [-0.2, -0.15) is 0 Å². The standard InChI is InChI=1S/2C15H25.2ClH.Zr/c2*1-2-3-4-5-6-7-8-9-12-15-13-10-11-14-15;;;/h2*10,13H,2-9,11-12H2,1H3;2*1H;/q;;;;+2/p-2. The predicted octanol–water partition coefficient (Wildman–Crippen LogP) is 4.57. The van der Waals surface area contributed by atoms with Gasteiger partial charge < -0.3 is 24.8 Å². The summed E-state index contributed by atoms with van der Waals surface area (Å²) in [6.45, 7) is 4.61. The third-order valence-corrected chi connectivity index (χ3v) is 11.0. The first-order valence-electron chi connectivity index (χ1n) is 13.9. The van der Waals surface area contributed by atoms with Crippen LogP contribution < -0.4 is 24.8 Å². The van der Waals surface area contributed by atoms with Crippen LogP contribution >= 0.6 is 0 Å². The zero-order valence-electron chi connectivity index (χ0n) is 21.7. The number of hydrogen-bond donors (Lipinski definition) is 0. The van der Waals surface area contributed by atoms with Gasteiger partial charge in [-0.25, -0.2) is 0 Å². The maximum atomic E-state index is 2.48. The Morgan fingerprint density at radius 2 is 0.848 bits per heavy atom. The topological polar surface area (TPSA) is 0 Å². The van der Waals surface area contributed by atoms with E-state index in [0.29, 0.717) is 0 Å². The third kappa shape index (κ3) is 15.2. The second kappa shape index (κ2) is 22.9. The molecule has 188 valence electrons. The number of halogens is 2. The van der Waals surface area contributed by atoms with Crippen molar-refractivity contribution >= 4 is 0 Å². The molecule has 0 aromatic rings. The van der Waals surface area contributed by atoms with E-state index in [1.54, 1.807) is 11.1 Å². The molecule has 0 atom stereocenters. The summed E-state index contributed by atoms with van der Waals surface area (Å²) in [5.74, 6) is 0. The molecule has 0 saturated carbocycles. The van der Waals surface area contributed by atoms with Crippen LogP contribution in [0.4, 0.5) is 0 Å². The normalized spacial score (nSPS) is 14.6. The first-order chi connectivity index (χ1) is 15.3. The molecule has 2 aliphatic rings. The van der Waals surface area contributed by atoms with Crippen molar-refractivity contribution in [1.82, 2.24) is 0 Å². The van der Waals surface area contributed by atoms with Crippen molar-refractivity contribution < 1.29 is 48.0 Å². The molecule has 0 aromatic carbocycles. The SMILES string of the molecule is CCCCCCCCCCC1=[C]([Zr+2][C]2=C(CCCCCCCCCC)C=CC2)CC=C1.[Cl-].[Cl-]. The molecule has 0 aliphatic heterocycles. The Morgan fingerprint density at radius 1 is 0.515 bits per heavy atom. The zero-order chi connectivity index (χ0) is 22.0. The molecular weight excluding hydrogens is 522 g/mol. The summed E-state index contributed by atoms with van der Waals surface area (Å²) < 4.78 is 3.80. The van der Waals surface area contributed by atoms with E-state index >= 15 is 0 Å². The van der Waals surface area contributed by atoms with Crippen molar-refractivity contribution in [3.8, 4) is 0 Å². The van der Waals surface area contributed by atoms with Gasteiger partial charge in [0.25, 0.3) is 0 Å². The fourth-order valence-corrected chi connectivity index (χ4v) is 8.70.